The van der Waals surface area contributed by atoms with Gasteiger partial charge in [0, 0.05) is 24.8 Å². The number of sulfonamides is 1. The molecular formula is C19H21N3O6S. The topological polar surface area (TPSA) is 128 Å². The van der Waals surface area contributed by atoms with E-state index in [-0.39, 0.29) is 27.8 Å². The fourth-order valence-electron chi connectivity index (χ4n) is 3.03. The van der Waals surface area contributed by atoms with Crippen LogP contribution in [-0.2, 0) is 14.8 Å². The van der Waals surface area contributed by atoms with Gasteiger partial charge in [-0.2, -0.15) is 0 Å². The molecule has 29 heavy (non-hydrogen) atoms. The molecule has 3 rings (SSSR count). The first-order valence-corrected chi connectivity index (χ1v) is 10.6. The summed E-state index contributed by atoms with van der Waals surface area (Å²) in [5.41, 5.74) is 0.00392. The Bertz CT molecular complexity index is 988. The zero-order valence-corrected chi connectivity index (χ0v) is 16.4. The number of hydrogen-bond donors (Lipinski definition) is 2. The Morgan fingerprint density at radius 3 is 2.62 bits per heavy atom. The minimum Gasteiger partial charge on any atom is -0.381 e. The van der Waals surface area contributed by atoms with Gasteiger partial charge in [0.15, 0.2) is 0 Å². The highest BCUT2D eigenvalue weighted by molar-refractivity contribution is 7.90. The summed E-state index contributed by atoms with van der Waals surface area (Å²) in [6, 6.07) is 11.3. The van der Waals surface area contributed by atoms with E-state index in [4.69, 9.17) is 4.74 Å². The van der Waals surface area contributed by atoms with Crippen molar-refractivity contribution >= 4 is 27.3 Å². The van der Waals surface area contributed by atoms with Crippen LogP contribution in [-0.4, -0.2) is 39.0 Å². The van der Waals surface area contributed by atoms with Crippen molar-refractivity contribution in [3.63, 3.8) is 0 Å². The summed E-state index contributed by atoms with van der Waals surface area (Å²) in [7, 11) is -4.27. The molecule has 2 aromatic rings. The average molecular weight is 419 g/mol. The Morgan fingerprint density at radius 2 is 1.97 bits per heavy atom. The Balaban J connectivity index is 1.77. The van der Waals surface area contributed by atoms with Crippen molar-refractivity contribution < 1.29 is 22.9 Å². The van der Waals surface area contributed by atoms with Crippen LogP contribution in [0.5, 0.6) is 0 Å². The third-order valence-electron chi connectivity index (χ3n) is 4.58. The molecule has 1 atom stereocenters. The predicted molar refractivity (Wildman–Crippen MR) is 106 cm³/mol. The molecule has 9 nitrogen and oxygen atoms in total. The third kappa shape index (κ3) is 5.30. The lowest BCUT2D eigenvalue weighted by molar-refractivity contribution is -0.384. The van der Waals surface area contributed by atoms with Crippen molar-refractivity contribution in [2.24, 2.45) is 5.92 Å². The third-order valence-corrected chi connectivity index (χ3v) is 5.90. The van der Waals surface area contributed by atoms with Gasteiger partial charge in [0.25, 0.3) is 21.6 Å². The first kappa shape index (κ1) is 20.7. The number of amides is 1. The number of hydrogen-bond acceptors (Lipinski definition) is 7. The van der Waals surface area contributed by atoms with E-state index >= 15 is 0 Å². The van der Waals surface area contributed by atoms with Gasteiger partial charge in [-0.25, -0.2) is 13.1 Å². The lowest BCUT2D eigenvalue weighted by Gasteiger charge is -2.22. The van der Waals surface area contributed by atoms with Crippen LogP contribution in [0.3, 0.4) is 0 Å². The first-order chi connectivity index (χ1) is 13.9. The summed E-state index contributed by atoms with van der Waals surface area (Å²) in [4.78, 5) is 22.6. The van der Waals surface area contributed by atoms with Crippen molar-refractivity contribution in [3.05, 3.63) is 64.2 Å². The minimum absolute atomic E-state index is 0.165. The van der Waals surface area contributed by atoms with Crippen LogP contribution in [0.4, 0.5) is 11.4 Å². The van der Waals surface area contributed by atoms with Gasteiger partial charge >= 0.3 is 0 Å². The lowest BCUT2D eigenvalue weighted by Crippen LogP contribution is -2.30. The molecule has 1 heterocycles. The van der Waals surface area contributed by atoms with Gasteiger partial charge in [0.2, 0.25) is 0 Å². The molecule has 1 aliphatic heterocycles. The normalized spacial score (nSPS) is 16.8. The maximum Gasteiger partial charge on any atom is 0.293 e. The largest absolute Gasteiger partial charge is 0.381 e. The molecule has 1 amide bonds. The number of nitrogens with zero attached hydrogens (tertiary/aromatic N) is 1. The number of rotatable bonds is 7. The van der Waals surface area contributed by atoms with Crippen molar-refractivity contribution in [1.82, 2.24) is 4.72 Å². The molecule has 0 aromatic heterocycles. The second kappa shape index (κ2) is 9.01. The number of carbonyl (C=O) groups excluding carboxylic acids is 1. The summed E-state index contributed by atoms with van der Waals surface area (Å²) in [6.07, 6.45) is 1.89. The Kier molecular flexibility index (Phi) is 6.45. The molecule has 0 radical (unpaired) electrons. The minimum atomic E-state index is -4.27. The van der Waals surface area contributed by atoms with E-state index in [0.29, 0.717) is 13.2 Å². The van der Waals surface area contributed by atoms with Crippen LogP contribution in [0.2, 0.25) is 0 Å². The molecule has 0 spiro atoms. The van der Waals surface area contributed by atoms with Gasteiger partial charge in [0.1, 0.15) is 5.69 Å². The second-order valence-electron chi connectivity index (χ2n) is 6.70. The smallest absolute Gasteiger partial charge is 0.293 e. The molecule has 2 N–H and O–H groups in total. The second-order valence-corrected chi connectivity index (χ2v) is 8.38. The molecule has 1 aliphatic rings. The zero-order chi connectivity index (χ0) is 20.9. The molecule has 0 unspecified atom stereocenters. The van der Waals surface area contributed by atoms with Crippen molar-refractivity contribution in [3.8, 4) is 0 Å². The fourth-order valence-corrected chi connectivity index (χ4v) is 4.02. The molecule has 0 bridgehead atoms. The van der Waals surface area contributed by atoms with Crippen LogP contribution in [0, 0.1) is 16.0 Å². The van der Waals surface area contributed by atoms with Crippen LogP contribution in [0.15, 0.2) is 53.4 Å². The number of anilines is 1. The van der Waals surface area contributed by atoms with Gasteiger partial charge in [-0.1, -0.05) is 18.2 Å². The van der Waals surface area contributed by atoms with E-state index in [2.05, 4.69) is 5.32 Å². The number of nitro groups is 1. The fraction of sp³-hybridized carbons (Fsp3) is 0.316. The quantitative estimate of drug-likeness (QED) is 0.521. The van der Waals surface area contributed by atoms with Crippen molar-refractivity contribution in [2.45, 2.75) is 17.7 Å². The Hall–Kier alpha value is -2.98. The number of benzene rings is 2. The van der Waals surface area contributed by atoms with E-state index in [9.17, 15) is 23.3 Å². The summed E-state index contributed by atoms with van der Waals surface area (Å²) in [5, 5.41) is 14.5. The molecule has 154 valence electrons. The van der Waals surface area contributed by atoms with Gasteiger partial charge in [-0.3, -0.25) is 14.9 Å². The van der Waals surface area contributed by atoms with E-state index in [0.717, 1.165) is 25.5 Å². The van der Waals surface area contributed by atoms with E-state index in [1.54, 1.807) is 18.2 Å². The van der Waals surface area contributed by atoms with Crippen LogP contribution in [0.25, 0.3) is 0 Å². The maximum absolute atomic E-state index is 12.5. The zero-order valence-electron chi connectivity index (χ0n) is 15.5. The molecule has 0 saturated carbocycles. The number of nitro benzene ring substituents is 1. The SMILES string of the molecule is O=C(NS(=O)(=O)c1ccc(NC[C@H]2CCCOC2)c([N+](=O)[O-])c1)c1ccccc1. The summed E-state index contributed by atoms with van der Waals surface area (Å²) in [6.45, 7) is 1.79. The Morgan fingerprint density at radius 1 is 1.21 bits per heavy atom. The first-order valence-electron chi connectivity index (χ1n) is 9.09. The van der Waals surface area contributed by atoms with Gasteiger partial charge < -0.3 is 10.1 Å². The maximum atomic E-state index is 12.5. The number of nitrogens with one attached hydrogen (secondary N) is 2. The lowest BCUT2D eigenvalue weighted by atomic mass is 10.0. The molecule has 1 fully saturated rings. The van der Waals surface area contributed by atoms with E-state index in [1.807, 2.05) is 4.72 Å². The molecule has 1 saturated heterocycles. The summed E-state index contributed by atoms with van der Waals surface area (Å²) < 4.78 is 32.4. The molecular weight excluding hydrogens is 398 g/mol. The average Bonchev–Trinajstić information content (AvgIpc) is 2.73. The van der Waals surface area contributed by atoms with Crippen LogP contribution >= 0.6 is 0 Å². The van der Waals surface area contributed by atoms with Crippen LogP contribution in [0.1, 0.15) is 23.2 Å². The van der Waals surface area contributed by atoms with E-state index < -0.39 is 20.9 Å². The van der Waals surface area contributed by atoms with Gasteiger partial charge in [-0.05, 0) is 43.0 Å². The number of carbonyl (C=O) groups is 1. The van der Waals surface area contributed by atoms with Gasteiger partial charge in [0.05, 0.1) is 16.4 Å². The number of ether oxygens (including phenoxy) is 1. The van der Waals surface area contributed by atoms with Gasteiger partial charge in [-0.15, -0.1) is 0 Å². The molecule has 0 aliphatic carbocycles. The molecule has 2 aromatic carbocycles. The summed E-state index contributed by atoms with van der Waals surface area (Å²) >= 11 is 0. The van der Waals surface area contributed by atoms with Crippen molar-refractivity contribution in [2.75, 3.05) is 25.1 Å². The van der Waals surface area contributed by atoms with Crippen molar-refractivity contribution in [1.29, 1.82) is 0 Å². The molecule has 10 heteroatoms. The van der Waals surface area contributed by atoms with Crippen LogP contribution < -0.4 is 10.0 Å². The monoisotopic (exact) mass is 419 g/mol. The predicted octanol–water partition coefficient (Wildman–Crippen LogP) is 2.55. The standard InChI is InChI=1S/C19H21N3O6S/c23-19(15-6-2-1-3-7-15)21-29(26,27)16-8-9-17(18(11-16)22(24)25)20-12-14-5-4-10-28-13-14/h1-3,6-9,11,14,20H,4-5,10,12-13H2,(H,21,23)/t14-/m1/s1. The van der Waals surface area contributed by atoms with E-state index in [1.165, 1.54) is 24.3 Å². The summed E-state index contributed by atoms with van der Waals surface area (Å²) in [5.74, 6) is -0.579. The highest BCUT2D eigenvalue weighted by atomic mass is 32.2. The highest BCUT2D eigenvalue weighted by Crippen LogP contribution is 2.28. The highest BCUT2D eigenvalue weighted by Gasteiger charge is 2.24. The Labute approximate surface area is 168 Å².